The van der Waals surface area contributed by atoms with Crippen LogP contribution in [0, 0.1) is 6.92 Å². The van der Waals surface area contributed by atoms with E-state index in [1.807, 2.05) is 25.1 Å². The minimum atomic E-state index is 0.199. The quantitative estimate of drug-likeness (QED) is 0.803. The molecule has 19 heavy (non-hydrogen) atoms. The Morgan fingerprint density at radius 1 is 1.37 bits per heavy atom. The van der Waals surface area contributed by atoms with Crippen molar-refractivity contribution >= 4 is 34.6 Å². The largest absolute Gasteiger partial charge is 0.372 e. The molecule has 1 aliphatic heterocycles. The van der Waals surface area contributed by atoms with Gasteiger partial charge in [-0.3, -0.25) is 0 Å². The summed E-state index contributed by atoms with van der Waals surface area (Å²) in [4.78, 5) is 2.14. The smallest absolute Gasteiger partial charge is 0.173 e. The first-order chi connectivity index (χ1) is 8.95. The third kappa shape index (κ3) is 3.81. The topological polar surface area (TPSA) is 24.5 Å². The van der Waals surface area contributed by atoms with Crippen LogP contribution in [-0.4, -0.2) is 35.3 Å². The lowest BCUT2D eigenvalue weighted by atomic mass is 10.2. The van der Waals surface area contributed by atoms with Gasteiger partial charge in [-0.05, 0) is 50.7 Å². The molecule has 1 saturated heterocycles. The number of morpholine rings is 1. The number of nitrogens with zero attached hydrogens (tertiary/aromatic N) is 1. The van der Waals surface area contributed by atoms with E-state index in [1.165, 1.54) is 0 Å². The lowest BCUT2D eigenvalue weighted by Crippen LogP contribution is -2.49. The monoisotopic (exact) mass is 298 g/mol. The second-order valence-corrected chi connectivity index (χ2v) is 5.85. The zero-order valence-corrected chi connectivity index (χ0v) is 13.0. The van der Waals surface area contributed by atoms with Crippen molar-refractivity contribution in [2.75, 3.05) is 18.4 Å². The van der Waals surface area contributed by atoms with E-state index >= 15 is 0 Å². The van der Waals surface area contributed by atoms with E-state index in [9.17, 15) is 0 Å². The maximum Gasteiger partial charge on any atom is 0.173 e. The summed E-state index contributed by atoms with van der Waals surface area (Å²) in [5.74, 6) is 0. The summed E-state index contributed by atoms with van der Waals surface area (Å²) < 4.78 is 5.70. The standard InChI is InChI=1S/C14H19ClN2OS/c1-9-4-5-12(6-13(9)15)16-14(19)17-7-10(2)18-11(3)8-17/h4-6,10-11H,7-8H2,1-3H3,(H,16,19)/t10-,11-/m1/s1. The molecule has 1 heterocycles. The third-order valence-corrected chi connectivity index (χ3v) is 3.90. The summed E-state index contributed by atoms with van der Waals surface area (Å²) >= 11 is 11.6. The van der Waals surface area contributed by atoms with Crippen molar-refractivity contribution in [1.29, 1.82) is 0 Å². The van der Waals surface area contributed by atoms with E-state index in [0.717, 1.165) is 34.5 Å². The summed E-state index contributed by atoms with van der Waals surface area (Å²) in [6, 6.07) is 5.87. The number of halogens is 1. The molecule has 1 aromatic rings. The fourth-order valence-corrected chi connectivity index (χ4v) is 2.66. The molecule has 0 unspecified atom stereocenters. The Bertz CT molecular complexity index is 471. The maximum atomic E-state index is 6.11. The minimum absolute atomic E-state index is 0.199. The van der Waals surface area contributed by atoms with Gasteiger partial charge in [0.25, 0.3) is 0 Å². The van der Waals surface area contributed by atoms with Crippen LogP contribution in [0.4, 0.5) is 5.69 Å². The number of anilines is 1. The van der Waals surface area contributed by atoms with Crippen LogP contribution in [0.3, 0.4) is 0 Å². The molecule has 2 atom stereocenters. The van der Waals surface area contributed by atoms with E-state index in [4.69, 9.17) is 28.6 Å². The normalized spacial score (nSPS) is 23.3. The first-order valence-electron chi connectivity index (χ1n) is 6.43. The van der Waals surface area contributed by atoms with E-state index in [2.05, 4.69) is 24.1 Å². The average molecular weight is 299 g/mol. The molecule has 104 valence electrons. The first kappa shape index (κ1) is 14.6. The van der Waals surface area contributed by atoms with Crippen LogP contribution in [0.5, 0.6) is 0 Å². The summed E-state index contributed by atoms with van der Waals surface area (Å²) in [5, 5.41) is 4.71. The number of aryl methyl sites for hydroxylation is 1. The SMILES string of the molecule is Cc1ccc(NC(=S)N2C[C@@H](C)O[C@H](C)C2)cc1Cl. The molecule has 1 N–H and O–H groups in total. The number of rotatable bonds is 1. The fraction of sp³-hybridized carbons (Fsp3) is 0.500. The van der Waals surface area contributed by atoms with Gasteiger partial charge in [0, 0.05) is 23.8 Å². The Morgan fingerprint density at radius 3 is 2.58 bits per heavy atom. The van der Waals surface area contributed by atoms with Crippen LogP contribution in [0.25, 0.3) is 0 Å². The van der Waals surface area contributed by atoms with Gasteiger partial charge in [0.05, 0.1) is 12.2 Å². The molecule has 1 fully saturated rings. The van der Waals surface area contributed by atoms with Gasteiger partial charge in [0.15, 0.2) is 5.11 Å². The molecule has 0 radical (unpaired) electrons. The van der Waals surface area contributed by atoms with Gasteiger partial charge in [-0.25, -0.2) is 0 Å². The zero-order valence-electron chi connectivity index (χ0n) is 11.4. The lowest BCUT2D eigenvalue weighted by Gasteiger charge is -2.36. The zero-order chi connectivity index (χ0) is 14.0. The highest BCUT2D eigenvalue weighted by atomic mass is 35.5. The van der Waals surface area contributed by atoms with Crippen LogP contribution in [-0.2, 0) is 4.74 Å². The fourth-order valence-electron chi connectivity index (χ4n) is 2.22. The highest BCUT2D eigenvalue weighted by Crippen LogP contribution is 2.21. The summed E-state index contributed by atoms with van der Waals surface area (Å²) in [6.07, 6.45) is 0.398. The molecule has 2 rings (SSSR count). The molecule has 0 spiro atoms. The highest BCUT2D eigenvalue weighted by molar-refractivity contribution is 7.80. The molecular weight excluding hydrogens is 280 g/mol. The molecule has 1 aliphatic rings. The van der Waals surface area contributed by atoms with Crippen molar-refractivity contribution in [3.05, 3.63) is 28.8 Å². The van der Waals surface area contributed by atoms with Gasteiger partial charge in [-0.15, -0.1) is 0 Å². The van der Waals surface area contributed by atoms with Crippen molar-refractivity contribution in [3.63, 3.8) is 0 Å². The molecule has 1 aromatic carbocycles. The van der Waals surface area contributed by atoms with Crippen molar-refractivity contribution in [3.8, 4) is 0 Å². The second-order valence-electron chi connectivity index (χ2n) is 5.06. The van der Waals surface area contributed by atoms with Gasteiger partial charge in [-0.2, -0.15) is 0 Å². The van der Waals surface area contributed by atoms with E-state index in [0.29, 0.717) is 0 Å². The van der Waals surface area contributed by atoms with Crippen LogP contribution in [0.2, 0.25) is 5.02 Å². The Hall–Kier alpha value is -0.840. The maximum absolute atomic E-state index is 6.11. The number of hydrogen-bond donors (Lipinski definition) is 1. The van der Waals surface area contributed by atoms with Gasteiger partial charge in [-0.1, -0.05) is 17.7 Å². The van der Waals surface area contributed by atoms with Crippen LogP contribution in [0.15, 0.2) is 18.2 Å². The molecule has 0 bridgehead atoms. The Kier molecular flexibility index (Phi) is 4.66. The first-order valence-corrected chi connectivity index (χ1v) is 7.22. The predicted molar refractivity (Wildman–Crippen MR) is 84.0 cm³/mol. The molecule has 0 aromatic heterocycles. The van der Waals surface area contributed by atoms with Crippen molar-refractivity contribution in [2.24, 2.45) is 0 Å². The van der Waals surface area contributed by atoms with Crippen LogP contribution in [0.1, 0.15) is 19.4 Å². The van der Waals surface area contributed by atoms with E-state index < -0.39 is 0 Å². The molecule has 0 amide bonds. The molecule has 3 nitrogen and oxygen atoms in total. The number of thiocarbonyl (C=S) groups is 1. The van der Waals surface area contributed by atoms with E-state index in [-0.39, 0.29) is 12.2 Å². The van der Waals surface area contributed by atoms with Gasteiger partial charge in [0.1, 0.15) is 0 Å². The van der Waals surface area contributed by atoms with Crippen molar-refractivity contribution in [1.82, 2.24) is 4.90 Å². The highest BCUT2D eigenvalue weighted by Gasteiger charge is 2.23. The average Bonchev–Trinajstić information content (AvgIpc) is 2.32. The van der Waals surface area contributed by atoms with E-state index in [1.54, 1.807) is 0 Å². The minimum Gasteiger partial charge on any atom is -0.372 e. The Labute approximate surface area is 124 Å². The number of hydrogen-bond acceptors (Lipinski definition) is 2. The van der Waals surface area contributed by atoms with Crippen LogP contribution < -0.4 is 5.32 Å². The molecule has 0 aliphatic carbocycles. The number of nitrogens with one attached hydrogen (secondary N) is 1. The predicted octanol–water partition coefficient (Wildman–Crippen LogP) is 3.45. The summed E-state index contributed by atoms with van der Waals surface area (Å²) in [6.45, 7) is 7.74. The van der Waals surface area contributed by atoms with Crippen molar-refractivity contribution in [2.45, 2.75) is 33.0 Å². The van der Waals surface area contributed by atoms with Crippen LogP contribution >= 0.6 is 23.8 Å². The lowest BCUT2D eigenvalue weighted by molar-refractivity contribution is -0.0473. The van der Waals surface area contributed by atoms with Gasteiger partial charge >= 0.3 is 0 Å². The van der Waals surface area contributed by atoms with Gasteiger partial charge in [0.2, 0.25) is 0 Å². The molecule has 0 saturated carbocycles. The molecule has 5 heteroatoms. The second kappa shape index (κ2) is 6.07. The molecular formula is C14H19ClN2OS. The number of ether oxygens (including phenoxy) is 1. The summed E-state index contributed by atoms with van der Waals surface area (Å²) in [5.41, 5.74) is 1.99. The van der Waals surface area contributed by atoms with Crippen molar-refractivity contribution < 1.29 is 4.74 Å². The third-order valence-electron chi connectivity index (χ3n) is 3.13. The summed E-state index contributed by atoms with van der Waals surface area (Å²) in [7, 11) is 0. The van der Waals surface area contributed by atoms with Gasteiger partial charge < -0.3 is 15.0 Å². The Morgan fingerprint density at radius 2 is 2.00 bits per heavy atom. The number of benzene rings is 1. The Balaban J connectivity index is 2.02.